The molecule has 0 saturated carbocycles. The number of anilines is 1. The fraction of sp³-hybridized carbons (Fsp3) is 0.333. The smallest absolute Gasteiger partial charge is 0.146 e. The van der Waals surface area contributed by atoms with E-state index in [2.05, 4.69) is 29.3 Å². The molecule has 2 atom stereocenters. The third-order valence-electron chi connectivity index (χ3n) is 4.25. The number of nitrogens with zero attached hydrogens (tertiary/aromatic N) is 1. The van der Waals surface area contributed by atoms with Crippen LogP contribution in [0.25, 0.3) is 0 Å². The quantitative estimate of drug-likeness (QED) is 0.905. The Hall–Kier alpha value is -1.87. The summed E-state index contributed by atoms with van der Waals surface area (Å²) in [7, 11) is 0. The molecular formula is C18H21FN2. The number of nitrogens with one attached hydrogen (secondary N) is 1. The molecule has 0 aliphatic carbocycles. The highest BCUT2D eigenvalue weighted by atomic mass is 19.1. The van der Waals surface area contributed by atoms with Crippen molar-refractivity contribution in [1.29, 1.82) is 0 Å². The molecule has 1 saturated heterocycles. The largest absolute Gasteiger partial charge is 0.363 e. The summed E-state index contributed by atoms with van der Waals surface area (Å²) in [6.07, 6.45) is 0. The Labute approximate surface area is 125 Å². The molecule has 0 aromatic heterocycles. The van der Waals surface area contributed by atoms with E-state index in [1.165, 1.54) is 5.56 Å². The van der Waals surface area contributed by atoms with E-state index in [1.54, 1.807) is 12.1 Å². The van der Waals surface area contributed by atoms with Gasteiger partial charge in [0.25, 0.3) is 0 Å². The van der Waals surface area contributed by atoms with Gasteiger partial charge in [-0.1, -0.05) is 42.5 Å². The monoisotopic (exact) mass is 284 g/mol. The lowest BCUT2D eigenvalue weighted by Gasteiger charge is -2.41. The van der Waals surface area contributed by atoms with Gasteiger partial charge in [-0.05, 0) is 31.0 Å². The van der Waals surface area contributed by atoms with E-state index in [0.29, 0.717) is 0 Å². The topological polar surface area (TPSA) is 15.3 Å². The molecule has 2 nitrogen and oxygen atoms in total. The average Bonchev–Trinajstić information content (AvgIpc) is 2.50. The molecule has 110 valence electrons. The summed E-state index contributed by atoms with van der Waals surface area (Å²) in [6.45, 7) is 5.76. The molecule has 1 heterocycles. The Balaban J connectivity index is 1.91. The number of aryl methyl sites for hydroxylation is 1. The molecule has 0 bridgehead atoms. The van der Waals surface area contributed by atoms with E-state index >= 15 is 0 Å². The lowest BCUT2D eigenvalue weighted by Crippen LogP contribution is -2.52. The number of hydrogen-bond donors (Lipinski definition) is 1. The minimum absolute atomic E-state index is 0.129. The number of halogens is 1. The number of piperazine rings is 1. The lowest BCUT2D eigenvalue weighted by molar-refractivity contribution is 0.409. The third-order valence-corrected chi connectivity index (χ3v) is 4.25. The zero-order chi connectivity index (χ0) is 14.8. The standard InChI is InChI=1S/C18H21FN2/c1-13-7-6-10-16(19)18(13)21-12-17(20-11-14(21)2)15-8-4-3-5-9-15/h3-10,14,17,20H,11-12H2,1-2H3. The van der Waals surface area contributed by atoms with Crippen LogP contribution in [0.3, 0.4) is 0 Å². The second-order valence-corrected chi connectivity index (χ2v) is 5.78. The number of rotatable bonds is 2. The molecule has 0 spiro atoms. The zero-order valence-corrected chi connectivity index (χ0v) is 12.5. The van der Waals surface area contributed by atoms with E-state index in [1.807, 2.05) is 31.2 Å². The first kappa shape index (κ1) is 14.1. The van der Waals surface area contributed by atoms with Crippen molar-refractivity contribution in [2.75, 3.05) is 18.0 Å². The minimum Gasteiger partial charge on any atom is -0.363 e. The molecule has 0 radical (unpaired) electrons. The normalized spacial score (nSPS) is 22.3. The van der Waals surface area contributed by atoms with Crippen LogP contribution in [0.5, 0.6) is 0 Å². The summed E-state index contributed by atoms with van der Waals surface area (Å²) in [5.41, 5.74) is 2.99. The zero-order valence-electron chi connectivity index (χ0n) is 12.5. The molecular weight excluding hydrogens is 263 g/mol. The van der Waals surface area contributed by atoms with Crippen LogP contribution in [0.4, 0.5) is 10.1 Å². The minimum atomic E-state index is -0.129. The van der Waals surface area contributed by atoms with Crippen molar-refractivity contribution in [1.82, 2.24) is 5.32 Å². The number of benzene rings is 2. The molecule has 1 aliphatic heterocycles. The Kier molecular flexibility index (Phi) is 3.93. The van der Waals surface area contributed by atoms with Gasteiger partial charge in [0.2, 0.25) is 0 Å². The van der Waals surface area contributed by atoms with Crippen LogP contribution in [0.2, 0.25) is 0 Å². The van der Waals surface area contributed by atoms with Crippen molar-refractivity contribution in [2.24, 2.45) is 0 Å². The second kappa shape index (κ2) is 5.86. The maximum Gasteiger partial charge on any atom is 0.146 e. The van der Waals surface area contributed by atoms with Crippen molar-refractivity contribution in [2.45, 2.75) is 25.9 Å². The van der Waals surface area contributed by atoms with Crippen LogP contribution < -0.4 is 10.2 Å². The summed E-state index contributed by atoms with van der Waals surface area (Å²) < 4.78 is 14.3. The molecule has 1 N–H and O–H groups in total. The SMILES string of the molecule is Cc1cccc(F)c1N1CC(c2ccccc2)NCC1C. The summed E-state index contributed by atoms with van der Waals surface area (Å²) in [5.74, 6) is -0.129. The van der Waals surface area contributed by atoms with Gasteiger partial charge in [0.05, 0.1) is 5.69 Å². The van der Waals surface area contributed by atoms with Crippen LogP contribution in [-0.2, 0) is 0 Å². The Bertz CT molecular complexity index is 592. The first-order valence-electron chi connectivity index (χ1n) is 7.47. The molecule has 2 unspecified atom stereocenters. The molecule has 0 amide bonds. The molecule has 3 rings (SSSR count). The van der Waals surface area contributed by atoms with Gasteiger partial charge >= 0.3 is 0 Å². The van der Waals surface area contributed by atoms with Crippen LogP contribution in [0, 0.1) is 12.7 Å². The van der Waals surface area contributed by atoms with Crippen LogP contribution >= 0.6 is 0 Å². The molecule has 2 aromatic carbocycles. The molecule has 21 heavy (non-hydrogen) atoms. The maximum atomic E-state index is 14.3. The maximum absolute atomic E-state index is 14.3. The number of hydrogen-bond acceptors (Lipinski definition) is 2. The Morgan fingerprint density at radius 2 is 1.86 bits per heavy atom. The van der Waals surface area contributed by atoms with Gasteiger partial charge in [-0.3, -0.25) is 0 Å². The van der Waals surface area contributed by atoms with Crippen LogP contribution in [-0.4, -0.2) is 19.1 Å². The van der Waals surface area contributed by atoms with E-state index in [-0.39, 0.29) is 17.9 Å². The van der Waals surface area contributed by atoms with Crippen molar-refractivity contribution >= 4 is 5.69 Å². The highest BCUT2D eigenvalue weighted by molar-refractivity contribution is 5.56. The van der Waals surface area contributed by atoms with E-state index in [4.69, 9.17) is 0 Å². The third kappa shape index (κ3) is 2.79. The lowest BCUT2D eigenvalue weighted by atomic mass is 10.0. The van der Waals surface area contributed by atoms with Gasteiger partial charge in [0.15, 0.2) is 0 Å². The molecule has 2 aromatic rings. The Morgan fingerprint density at radius 3 is 2.57 bits per heavy atom. The van der Waals surface area contributed by atoms with Gasteiger partial charge in [-0.15, -0.1) is 0 Å². The van der Waals surface area contributed by atoms with Crippen molar-refractivity contribution in [3.63, 3.8) is 0 Å². The number of para-hydroxylation sites is 1. The van der Waals surface area contributed by atoms with Gasteiger partial charge in [0.1, 0.15) is 5.82 Å². The molecule has 1 aliphatic rings. The van der Waals surface area contributed by atoms with Gasteiger partial charge in [-0.25, -0.2) is 4.39 Å². The Morgan fingerprint density at radius 1 is 1.10 bits per heavy atom. The summed E-state index contributed by atoms with van der Waals surface area (Å²) >= 11 is 0. The second-order valence-electron chi connectivity index (χ2n) is 5.78. The van der Waals surface area contributed by atoms with Gasteiger partial charge < -0.3 is 10.2 Å². The summed E-state index contributed by atoms with van der Waals surface area (Å²) in [6, 6.07) is 16.2. The highest BCUT2D eigenvalue weighted by Gasteiger charge is 2.28. The van der Waals surface area contributed by atoms with Gasteiger partial charge in [0, 0.05) is 25.2 Å². The molecule has 3 heteroatoms. The summed E-state index contributed by atoms with van der Waals surface area (Å²) in [5, 5.41) is 3.56. The average molecular weight is 284 g/mol. The highest BCUT2D eigenvalue weighted by Crippen LogP contribution is 2.30. The van der Waals surface area contributed by atoms with E-state index in [9.17, 15) is 4.39 Å². The fourth-order valence-electron chi connectivity index (χ4n) is 3.07. The predicted octanol–water partition coefficient (Wildman–Crippen LogP) is 3.67. The fourth-order valence-corrected chi connectivity index (χ4v) is 3.07. The van der Waals surface area contributed by atoms with Crippen molar-refractivity contribution in [3.05, 3.63) is 65.5 Å². The summed E-state index contributed by atoms with van der Waals surface area (Å²) in [4.78, 5) is 2.19. The molecule has 1 fully saturated rings. The van der Waals surface area contributed by atoms with Crippen LogP contribution in [0.1, 0.15) is 24.1 Å². The first-order valence-corrected chi connectivity index (χ1v) is 7.47. The first-order chi connectivity index (χ1) is 10.2. The van der Waals surface area contributed by atoms with Crippen LogP contribution in [0.15, 0.2) is 48.5 Å². The van der Waals surface area contributed by atoms with E-state index < -0.39 is 0 Å². The predicted molar refractivity (Wildman–Crippen MR) is 85.1 cm³/mol. The van der Waals surface area contributed by atoms with E-state index in [0.717, 1.165) is 24.3 Å². The van der Waals surface area contributed by atoms with Gasteiger partial charge in [-0.2, -0.15) is 0 Å². The van der Waals surface area contributed by atoms with Crippen molar-refractivity contribution in [3.8, 4) is 0 Å². The van der Waals surface area contributed by atoms with Crippen molar-refractivity contribution < 1.29 is 4.39 Å².